The van der Waals surface area contributed by atoms with Gasteiger partial charge in [-0.05, 0) is 42.9 Å². The molecule has 4 heteroatoms. The van der Waals surface area contributed by atoms with Gasteiger partial charge in [-0.2, -0.15) is 0 Å². The number of Topliss-reactive ketones (excluding diaryl/α,β-unsaturated/α-hetero) is 1. The van der Waals surface area contributed by atoms with Crippen molar-refractivity contribution in [2.24, 2.45) is 16.7 Å². The average Bonchev–Trinajstić information content (AvgIpc) is 2.72. The molecule has 0 aromatic heterocycles. The van der Waals surface area contributed by atoms with Crippen LogP contribution in [-0.2, 0) is 20.7 Å². The van der Waals surface area contributed by atoms with Crippen molar-refractivity contribution < 1.29 is 14.3 Å². The summed E-state index contributed by atoms with van der Waals surface area (Å²) in [7, 11) is 0. The standard InChI is InChI=1S/C19H25ClO3/c1-13(2)12-23-17(22)19(10-9-18(3,4)16(19)21)11-14-5-7-15(20)8-6-14/h5-8,13H,9-12H2,1-4H3. The first-order valence-corrected chi connectivity index (χ1v) is 8.52. The molecule has 0 spiro atoms. The molecule has 0 N–H and O–H groups in total. The lowest BCUT2D eigenvalue weighted by Gasteiger charge is -2.28. The van der Waals surface area contributed by atoms with E-state index >= 15 is 0 Å². The van der Waals surface area contributed by atoms with Crippen molar-refractivity contribution in [3.05, 3.63) is 34.9 Å². The van der Waals surface area contributed by atoms with E-state index in [0.717, 1.165) is 5.56 Å². The third kappa shape index (κ3) is 3.77. The van der Waals surface area contributed by atoms with E-state index in [9.17, 15) is 9.59 Å². The SMILES string of the molecule is CC(C)COC(=O)C1(Cc2ccc(Cl)cc2)CCC(C)(C)C1=O. The summed E-state index contributed by atoms with van der Waals surface area (Å²) in [6, 6.07) is 7.32. The number of carbonyl (C=O) groups excluding carboxylic acids is 2. The minimum Gasteiger partial charge on any atom is -0.465 e. The topological polar surface area (TPSA) is 43.4 Å². The van der Waals surface area contributed by atoms with Crippen LogP contribution in [0.3, 0.4) is 0 Å². The van der Waals surface area contributed by atoms with Crippen LogP contribution in [0.4, 0.5) is 0 Å². The fourth-order valence-corrected chi connectivity index (χ4v) is 3.29. The molecule has 3 nitrogen and oxygen atoms in total. The van der Waals surface area contributed by atoms with Gasteiger partial charge in [-0.25, -0.2) is 0 Å². The Morgan fingerprint density at radius 2 is 1.83 bits per heavy atom. The molecule has 126 valence electrons. The average molecular weight is 337 g/mol. The Morgan fingerprint density at radius 3 is 2.30 bits per heavy atom. The van der Waals surface area contributed by atoms with Crippen LogP contribution < -0.4 is 0 Å². The zero-order valence-electron chi connectivity index (χ0n) is 14.3. The molecular weight excluding hydrogens is 312 g/mol. The Hall–Kier alpha value is -1.35. The van der Waals surface area contributed by atoms with E-state index in [-0.39, 0.29) is 17.7 Å². The van der Waals surface area contributed by atoms with Gasteiger partial charge in [-0.3, -0.25) is 9.59 Å². The highest BCUT2D eigenvalue weighted by atomic mass is 35.5. The maximum absolute atomic E-state index is 13.0. The number of ether oxygens (including phenoxy) is 1. The van der Waals surface area contributed by atoms with E-state index in [2.05, 4.69) is 0 Å². The number of benzene rings is 1. The Bertz CT molecular complexity index is 589. The van der Waals surface area contributed by atoms with Crippen molar-refractivity contribution >= 4 is 23.4 Å². The molecule has 0 heterocycles. The lowest BCUT2D eigenvalue weighted by molar-refractivity contribution is -0.161. The fraction of sp³-hybridized carbons (Fsp3) is 0.579. The highest BCUT2D eigenvalue weighted by Gasteiger charge is 2.57. The summed E-state index contributed by atoms with van der Waals surface area (Å²) >= 11 is 5.93. The first-order chi connectivity index (χ1) is 10.7. The summed E-state index contributed by atoms with van der Waals surface area (Å²) in [6.07, 6.45) is 1.62. The van der Waals surface area contributed by atoms with Crippen LogP contribution in [0.1, 0.15) is 46.1 Å². The van der Waals surface area contributed by atoms with Gasteiger partial charge >= 0.3 is 5.97 Å². The summed E-state index contributed by atoms with van der Waals surface area (Å²) in [5.41, 5.74) is -0.614. The van der Waals surface area contributed by atoms with Crippen LogP contribution in [0, 0.1) is 16.7 Å². The third-order valence-corrected chi connectivity index (χ3v) is 4.84. The molecule has 1 aliphatic rings. The molecular formula is C19H25ClO3. The first kappa shape index (κ1) is 18.0. The normalized spacial score (nSPS) is 23.3. The number of halogens is 1. The van der Waals surface area contributed by atoms with Crippen LogP contribution >= 0.6 is 11.6 Å². The molecule has 23 heavy (non-hydrogen) atoms. The molecule has 2 rings (SSSR count). The van der Waals surface area contributed by atoms with E-state index in [0.29, 0.717) is 30.9 Å². The molecule has 0 saturated heterocycles. The molecule has 1 aliphatic carbocycles. The van der Waals surface area contributed by atoms with E-state index in [1.54, 1.807) is 12.1 Å². The number of hydrogen-bond donors (Lipinski definition) is 0. The van der Waals surface area contributed by atoms with Gasteiger partial charge in [-0.1, -0.05) is 51.4 Å². The largest absolute Gasteiger partial charge is 0.465 e. The second-order valence-electron chi connectivity index (χ2n) is 7.59. The van der Waals surface area contributed by atoms with Gasteiger partial charge in [0.1, 0.15) is 5.41 Å². The van der Waals surface area contributed by atoms with Crippen LogP contribution in [0.25, 0.3) is 0 Å². The van der Waals surface area contributed by atoms with Crippen molar-refractivity contribution in [2.75, 3.05) is 6.61 Å². The van der Waals surface area contributed by atoms with Crippen molar-refractivity contribution in [3.8, 4) is 0 Å². The van der Waals surface area contributed by atoms with Crippen molar-refractivity contribution in [3.63, 3.8) is 0 Å². The molecule has 1 fully saturated rings. The minimum atomic E-state index is -1.06. The Balaban J connectivity index is 2.30. The molecule has 0 radical (unpaired) electrons. The number of ketones is 1. The summed E-state index contributed by atoms with van der Waals surface area (Å²) in [5.74, 6) is -0.138. The summed E-state index contributed by atoms with van der Waals surface area (Å²) < 4.78 is 5.46. The monoisotopic (exact) mass is 336 g/mol. The van der Waals surface area contributed by atoms with Crippen LogP contribution in [0.5, 0.6) is 0 Å². The van der Waals surface area contributed by atoms with E-state index in [1.807, 2.05) is 39.8 Å². The number of hydrogen-bond acceptors (Lipinski definition) is 3. The fourth-order valence-electron chi connectivity index (χ4n) is 3.17. The molecule has 1 aromatic carbocycles. The highest BCUT2D eigenvalue weighted by Crippen LogP contribution is 2.48. The maximum atomic E-state index is 13.0. The Labute approximate surface area is 143 Å². The van der Waals surface area contributed by atoms with Crippen LogP contribution in [0.2, 0.25) is 5.02 Å². The number of rotatable bonds is 5. The second kappa shape index (κ2) is 6.64. The van der Waals surface area contributed by atoms with Gasteiger partial charge in [-0.15, -0.1) is 0 Å². The Kier molecular flexibility index (Phi) is 5.20. The third-order valence-electron chi connectivity index (χ3n) is 4.58. The second-order valence-corrected chi connectivity index (χ2v) is 8.03. The molecule has 0 amide bonds. The van der Waals surface area contributed by atoms with Gasteiger partial charge < -0.3 is 4.74 Å². The zero-order chi connectivity index (χ0) is 17.3. The van der Waals surface area contributed by atoms with Gasteiger partial charge in [0.2, 0.25) is 0 Å². The molecule has 1 atom stereocenters. The lowest BCUT2D eigenvalue weighted by atomic mass is 9.75. The molecule has 1 aromatic rings. The van der Waals surface area contributed by atoms with E-state index in [4.69, 9.17) is 16.3 Å². The molecule has 1 saturated carbocycles. The number of esters is 1. The van der Waals surface area contributed by atoms with Crippen molar-refractivity contribution in [1.82, 2.24) is 0 Å². The highest BCUT2D eigenvalue weighted by molar-refractivity contribution is 6.30. The molecule has 0 aliphatic heterocycles. The smallest absolute Gasteiger partial charge is 0.320 e. The number of carbonyl (C=O) groups is 2. The van der Waals surface area contributed by atoms with Crippen molar-refractivity contribution in [2.45, 2.75) is 47.0 Å². The summed E-state index contributed by atoms with van der Waals surface area (Å²) in [6.45, 7) is 8.14. The predicted octanol–water partition coefficient (Wildman–Crippen LogP) is 4.46. The van der Waals surface area contributed by atoms with Crippen molar-refractivity contribution in [1.29, 1.82) is 0 Å². The molecule has 0 bridgehead atoms. The van der Waals surface area contributed by atoms with Gasteiger partial charge in [0.25, 0.3) is 0 Å². The summed E-state index contributed by atoms with van der Waals surface area (Å²) in [4.78, 5) is 25.8. The van der Waals surface area contributed by atoms with Gasteiger partial charge in [0, 0.05) is 10.4 Å². The van der Waals surface area contributed by atoms with Gasteiger partial charge in [0.05, 0.1) is 6.61 Å². The first-order valence-electron chi connectivity index (χ1n) is 8.14. The van der Waals surface area contributed by atoms with Crippen LogP contribution in [-0.4, -0.2) is 18.4 Å². The van der Waals surface area contributed by atoms with E-state index in [1.165, 1.54) is 0 Å². The molecule has 1 unspecified atom stereocenters. The maximum Gasteiger partial charge on any atom is 0.320 e. The Morgan fingerprint density at radius 1 is 1.22 bits per heavy atom. The predicted molar refractivity (Wildman–Crippen MR) is 91.4 cm³/mol. The lowest BCUT2D eigenvalue weighted by Crippen LogP contribution is -2.42. The summed E-state index contributed by atoms with van der Waals surface area (Å²) in [5, 5.41) is 0.642. The van der Waals surface area contributed by atoms with Crippen LogP contribution in [0.15, 0.2) is 24.3 Å². The van der Waals surface area contributed by atoms with E-state index < -0.39 is 10.8 Å². The van der Waals surface area contributed by atoms with Gasteiger partial charge in [0.15, 0.2) is 5.78 Å². The zero-order valence-corrected chi connectivity index (χ0v) is 15.1. The quantitative estimate of drug-likeness (QED) is 0.589. The minimum absolute atomic E-state index is 0.00583.